The van der Waals surface area contributed by atoms with E-state index in [1.807, 2.05) is 45.0 Å². The van der Waals surface area contributed by atoms with Crippen LogP contribution in [0.3, 0.4) is 0 Å². The highest BCUT2D eigenvalue weighted by atomic mass is 16.2. The average Bonchev–Trinajstić information content (AvgIpc) is 2.44. The van der Waals surface area contributed by atoms with Crippen molar-refractivity contribution < 1.29 is 4.79 Å². The minimum Gasteiger partial charge on any atom is -0.323 e. The molecule has 4 heteroatoms. The number of hydrogen-bond acceptors (Lipinski definition) is 3. The lowest BCUT2D eigenvalue weighted by atomic mass is 10.1. The molecular weight excluding hydrogens is 262 g/mol. The van der Waals surface area contributed by atoms with Crippen LogP contribution >= 0.6 is 0 Å². The van der Waals surface area contributed by atoms with Crippen molar-refractivity contribution in [2.45, 2.75) is 20.8 Å². The lowest BCUT2D eigenvalue weighted by Crippen LogP contribution is -2.28. The Morgan fingerprint density at radius 1 is 1.00 bits per heavy atom. The van der Waals surface area contributed by atoms with Gasteiger partial charge in [-0.15, -0.1) is 0 Å². The molecule has 4 nitrogen and oxygen atoms in total. The van der Waals surface area contributed by atoms with Crippen LogP contribution in [-0.2, 0) is 0 Å². The zero-order valence-electron chi connectivity index (χ0n) is 12.9. The largest absolute Gasteiger partial charge is 0.323 e. The summed E-state index contributed by atoms with van der Waals surface area (Å²) in [6.45, 7) is 6.00. The minimum atomic E-state index is -0.0899. The van der Waals surface area contributed by atoms with E-state index in [2.05, 4.69) is 11.5 Å². The van der Waals surface area contributed by atoms with Gasteiger partial charge in [0.1, 0.15) is 0 Å². The molecule has 0 fully saturated rings. The lowest BCUT2D eigenvalue weighted by molar-refractivity contribution is 0.0994. The highest BCUT2D eigenvalue weighted by Gasteiger charge is 2.17. The molecule has 0 saturated carbocycles. The molecule has 0 saturated heterocycles. The summed E-state index contributed by atoms with van der Waals surface area (Å²) in [6.07, 6.45) is 0. The molecule has 110 valence electrons. The minimum absolute atomic E-state index is 0.0899. The van der Waals surface area contributed by atoms with Crippen LogP contribution in [0.5, 0.6) is 0 Å². The van der Waals surface area contributed by atoms with Crippen LogP contribution in [0.15, 0.2) is 36.4 Å². The summed E-state index contributed by atoms with van der Waals surface area (Å²) in [6, 6.07) is 11.6. The second-order valence-corrected chi connectivity index (χ2v) is 5.40. The third-order valence-corrected chi connectivity index (χ3v) is 3.46. The molecule has 0 aromatic heterocycles. The fourth-order valence-electron chi connectivity index (χ4n) is 2.41. The first kappa shape index (κ1) is 15.1. The zero-order chi connectivity index (χ0) is 15.6. The Kier molecular flexibility index (Phi) is 4.29. The standard InChI is InChI=1S/C17H21N3O/c1-11-5-6-15(16(10-11)19-18)17(21)20(4)14-8-12(2)7-13(3)9-14/h5-10,19H,18H2,1-4H3. The third-order valence-electron chi connectivity index (χ3n) is 3.46. The van der Waals surface area contributed by atoms with Crippen molar-refractivity contribution >= 4 is 17.3 Å². The van der Waals surface area contributed by atoms with Crippen molar-refractivity contribution in [1.82, 2.24) is 0 Å². The van der Waals surface area contributed by atoms with Crippen LogP contribution in [0.25, 0.3) is 0 Å². The quantitative estimate of drug-likeness (QED) is 0.672. The first-order valence-corrected chi connectivity index (χ1v) is 6.86. The number of anilines is 2. The number of nitrogens with two attached hydrogens (primary N) is 1. The number of aryl methyl sites for hydroxylation is 3. The van der Waals surface area contributed by atoms with Crippen molar-refractivity contribution in [3.05, 3.63) is 58.7 Å². The summed E-state index contributed by atoms with van der Waals surface area (Å²) < 4.78 is 0. The summed E-state index contributed by atoms with van der Waals surface area (Å²) in [5.74, 6) is 5.43. The summed E-state index contributed by atoms with van der Waals surface area (Å²) in [7, 11) is 1.77. The van der Waals surface area contributed by atoms with Gasteiger partial charge < -0.3 is 10.3 Å². The first-order chi connectivity index (χ1) is 9.92. The van der Waals surface area contributed by atoms with E-state index in [1.165, 1.54) is 0 Å². The summed E-state index contributed by atoms with van der Waals surface area (Å²) >= 11 is 0. The van der Waals surface area contributed by atoms with Crippen LogP contribution in [-0.4, -0.2) is 13.0 Å². The van der Waals surface area contributed by atoms with Gasteiger partial charge in [-0.25, -0.2) is 0 Å². The smallest absolute Gasteiger partial charge is 0.260 e. The fourth-order valence-corrected chi connectivity index (χ4v) is 2.41. The van der Waals surface area contributed by atoms with E-state index in [9.17, 15) is 4.79 Å². The molecule has 0 radical (unpaired) electrons. The van der Waals surface area contributed by atoms with Crippen LogP contribution in [0.2, 0.25) is 0 Å². The molecule has 0 aliphatic rings. The van der Waals surface area contributed by atoms with Gasteiger partial charge in [-0.3, -0.25) is 10.6 Å². The van der Waals surface area contributed by atoms with Gasteiger partial charge in [-0.05, 0) is 61.7 Å². The van der Waals surface area contributed by atoms with Gasteiger partial charge in [0.25, 0.3) is 5.91 Å². The van der Waals surface area contributed by atoms with Crippen molar-refractivity contribution in [2.24, 2.45) is 5.84 Å². The van der Waals surface area contributed by atoms with Gasteiger partial charge in [-0.1, -0.05) is 12.1 Å². The SMILES string of the molecule is Cc1cc(C)cc(N(C)C(=O)c2ccc(C)cc2NN)c1. The van der Waals surface area contributed by atoms with Crippen LogP contribution in [0.4, 0.5) is 11.4 Å². The van der Waals surface area contributed by atoms with Crippen molar-refractivity contribution in [1.29, 1.82) is 0 Å². The van der Waals surface area contributed by atoms with E-state index in [1.54, 1.807) is 18.0 Å². The lowest BCUT2D eigenvalue weighted by Gasteiger charge is -2.20. The summed E-state index contributed by atoms with van der Waals surface area (Å²) in [4.78, 5) is 14.3. The van der Waals surface area contributed by atoms with E-state index in [-0.39, 0.29) is 5.91 Å². The predicted octanol–water partition coefficient (Wildman–Crippen LogP) is 3.17. The molecule has 0 aliphatic carbocycles. The summed E-state index contributed by atoms with van der Waals surface area (Å²) in [5, 5.41) is 0. The predicted molar refractivity (Wildman–Crippen MR) is 87.6 cm³/mol. The second kappa shape index (κ2) is 5.97. The number of benzene rings is 2. The van der Waals surface area contributed by atoms with Crippen molar-refractivity contribution in [3.63, 3.8) is 0 Å². The van der Waals surface area contributed by atoms with Crippen LogP contribution in [0.1, 0.15) is 27.0 Å². The Hall–Kier alpha value is -2.33. The van der Waals surface area contributed by atoms with Gasteiger partial charge in [-0.2, -0.15) is 0 Å². The molecule has 21 heavy (non-hydrogen) atoms. The number of nitrogens with zero attached hydrogens (tertiary/aromatic N) is 1. The van der Waals surface area contributed by atoms with Gasteiger partial charge >= 0.3 is 0 Å². The number of hydrazine groups is 1. The van der Waals surface area contributed by atoms with Gasteiger partial charge in [0.15, 0.2) is 0 Å². The Balaban J connectivity index is 2.39. The molecule has 0 bridgehead atoms. The molecule has 3 N–H and O–H groups in total. The van der Waals surface area contributed by atoms with E-state index in [0.29, 0.717) is 11.3 Å². The number of carbonyl (C=O) groups is 1. The Labute approximate surface area is 125 Å². The molecule has 0 spiro atoms. The molecule has 0 aliphatic heterocycles. The van der Waals surface area contributed by atoms with Gasteiger partial charge in [0.05, 0.1) is 11.3 Å². The fraction of sp³-hybridized carbons (Fsp3) is 0.235. The maximum atomic E-state index is 12.7. The first-order valence-electron chi connectivity index (χ1n) is 6.86. The van der Waals surface area contributed by atoms with Gasteiger partial charge in [0, 0.05) is 12.7 Å². The second-order valence-electron chi connectivity index (χ2n) is 5.40. The molecule has 2 aromatic carbocycles. The number of nitrogens with one attached hydrogen (secondary N) is 1. The highest BCUT2D eigenvalue weighted by molar-refractivity contribution is 6.09. The molecule has 0 atom stereocenters. The number of carbonyl (C=O) groups excluding carboxylic acids is 1. The molecule has 2 aromatic rings. The van der Waals surface area contributed by atoms with Crippen molar-refractivity contribution in [3.8, 4) is 0 Å². The molecule has 0 heterocycles. The third kappa shape index (κ3) is 3.23. The normalized spacial score (nSPS) is 10.3. The number of hydrogen-bond donors (Lipinski definition) is 2. The molecular formula is C17H21N3O. The van der Waals surface area contributed by atoms with E-state index in [0.717, 1.165) is 22.4 Å². The van der Waals surface area contributed by atoms with Crippen molar-refractivity contribution in [2.75, 3.05) is 17.4 Å². The van der Waals surface area contributed by atoms with Crippen LogP contribution in [0, 0.1) is 20.8 Å². The maximum Gasteiger partial charge on any atom is 0.260 e. The van der Waals surface area contributed by atoms with E-state index >= 15 is 0 Å². The van der Waals surface area contributed by atoms with Crippen LogP contribution < -0.4 is 16.2 Å². The van der Waals surface area contributed by atoms with E-state index in [4.69, 9.17) is 5.84 Å². The summed E-state index contributed by atoms with van der Waals surface area (Å²) in [5.41, 5.74) is 7.98. The zero-order valence-corrected chi connectivity index (χ0v) is 12.9. The Bertz CT molecular complexity index is 659. The molecule has 0 unspecified atom stereocenters. The van der Waals surface area contributed by atoms with Gasteiger partial charge in [0.2, 0.25) is 0 Å². The number of amides is 1. The Morgan fingerprint density at radius 2 is 1.62 bits per heavy atom. The maximum absolute atomic E-state index is 12.7. The highest BCUT2D eigenvalue weighted by Crippen LogP contribution is 2.23. The monoisotopic (exact) mass is 283 g/mol. The molecule has 1 amide bonds. The van der Waals surface area contributed by atoms with E-state index < -0.39 is 0 Å². The Morgan fingerprint density at radius 3 is 2.19 bits per heavy atom. The topological polar surface area (TPSA) is 58.4 Å². The number of rotatable bonds is 3. The number of nitrogen functional groups attached to an aromatic ring is 1. The average molecular weight is 283 g/mol. The molecule has 2 rings (SSSR count).